The minimum Gasteiger partial charge on any atom is -0.456 e. The van der Waals surface area contributed by atoms with Crippen LogP contribution in [0.25, 0.3) is 21.9 Å². The summed E-state index contributed by atoms with van der Waals surface area (Å²) in [6.07, 6.45) is 0. The van der Waals surface area contributed by atoms with Gasteiger partial charge in [-0.3, -0.25) is 4.79 Å². The van der Waals surface area contributed by atoms with Crippen LogP contribution in [0.1, 0.15) is 22.6 Å². The number of nitrogens with zero attached hydrogens (tertiary/aromatic N) is 1. The maximum Gasteiger partial charge on any atom is 0.200 e. The highest BCUT2D eigenvalue weighted by molar-refractivity contribution is 5.94. The van der Waals surface area contributed by atoms with Gasteiger partial charge in [-0.2, -0.15) is 0 Å². The van der Waals surface area contributed by atoms with Crippen LogP contribution in [0.3, 0.4) is 0 Å². The van der Waals surface area contributed by atoms with Crippen LogP contribution in [-0.4, -0.2) is 0 Å². The molecule has 0 atom stereocenters. The Morgan fingerprint density at radius 2 is 1.02 bits per heavy atom. The highest BCUT2D eigenvalue weighted by Gasteiger charge is 2.22. The third-order valence-corrected chi connectivity index (χ3v) is 7.58. The summed E-state index contributed by atoms with van der Waals surface area (Å²) < 4.78 is 6.53. The third kappa shape index (κ3) is 4.58. The smallest absolute Gasteiger partial charge is 0.200 e. The molecule has 0 bridgehead atoms. The quantitative estimate of drug-likeness (QED) is 0.159. The second-order valence-corrected chi connectivity index (χ2v) is 10.1. The minimum absolute atomic E-state index is 0.0220. The predicted molar refractivity (Wildman–Crippen MR) is 169 cm³/mol. The molecule has 0 N–H and O–H groups in total. The van der Waals surface area contributed by atoms with Crippen LogP contribution in [0.5, 0.6) is 0 Å². The van der Waals surface area contributed by atoms with Gasteiger partial charge in [0.1, 0.15) is 11.2 Å². The monoisotopic (exact) mass is 529 g/mol. The number of rotatable bonds is 6. The van der Waals surface area contributed by atoms with Gasteiger partial charge in [0, 0.05) is 29.0 Å². The summed E-state index contributed by atoms with van der Waals surface area (Å²) in [7, 11) is 0. The first-order valence-electron chi connectivity index (χ1n) is 13.8. The van der Waals surface area contributed by atoms with Crippen LogP contribution >= 0.6 is 0 Å². The van der Waals surface area contributed by atoms with E-state index in [1.54, 1.807) is 0 Å². The molecule has 3 nitrogen and oxygen atoms in total. The van der Waals surface area contributed by atoms with Gasteiger partial charge in [-0.1, -0.05) is 109 Å². The van der Waals surface area contributed by atoms with Crippen molar-refractivity contribution < 1.29 is 4.42 Å². The van der Waals surface area contributed by atoms with Crippen molar-refractivity contribution in [3.05, 3.63) is 185 Å². The molecule has 0 aliphatic rings. The highest BCUT2D eigenvalue weighted by atomic mass is 16.3. The molecule has 0 spiro atoms. The van der Waals surface area contributed by atoms with Crippen molar-refractivity contribution in [3.8, 4) is 0 Å². The van der Waals surface area contributed by atoms with Crippen LogP contribution in [0.2, 0.25) is 0 Å². The molecular weight excluding hydrogens is 502 g/mol. The van der Waals surface area contributed by atoms with Crippen molar-refractivity contribution >= 4 is 39.0 Å². The molecule has 0 saturated carbocycles. The van der Waals surface area contributed by atoms with Gasteiger partial charge in [0.05, 0.1) is 10.8 Å². The topological polar surface area (TPSA) is 33.5 Å². The SMILES string of the molecule is O=c1c2ccc(N(c3ccccc3)c3ccccc3)cc2oc2cccc(C(c3ccccc3)c3ccccc3)c12. The molecule has 0 radical (unpaired) electrons. The standard InChI is InChI=1S/C38H27NO2/c40-38-32-25-24-31(39(29-18-9-3-10-19-29)30-20-11-4-12-21-30)26-35(32)41-34-23-13-22-33(37(34)38)36(27-14-5-1-6-15-27)28-16-7-2-8-17-28/h1-26,36H. The van der Waals surface area contributed by atoms with E-state index >= 15 is 0 Å². The van der Waals surface area contributed by atoms with E-state index < -0.39 is 0 Å². The predicted octanol–water partition coefficient (Wildman–Crippen LogP) is 9.60. The fourth-order valence-corrected chi connectivity index (χ4v) is 5.74. The number of para-hydroxylation sites is 2. The fraction of sp³-hybridized carbons (Fsp3) is 0.0263. The van der Waals surface area contributed by atoms with Crippen molar-refractivity contribution in [2.75, 3.05) is 4.90 Å². The molecule has 0 aliphatic heterocycles. The minimum atomic E-state index is -0.104. The third-order valence-electron chi connectivity index (χ3n) is 7.58. The van der Waals surface area contributed by atoms with E-state index in [1.807, 2.05) is 103 Å². The van der Waals surface area contributed by atoms with Crippen LogP contribution < -0.4 is 10.3 Å². The van der Waals surface area contributed by atoms with Gasteiger partial charge >= 0.3 is 0 Å². The zero-order chi connectivity index (χ0) is 27.6. The molecule has 1 aromatic heterocycles. The maximum atomic E-state index is 14.2. The van der Waals surface area contributed by atoms with E-state index in [0.29, 0.717) is 21.9 Å². The van der Waals surface area contributed by atoms with E-state index in [4.69, 9.17) is 4.42 Å². The highest BCUT2D eigenvalue weighted by Crippen LogP contribution is 2.38. The molecular formula is C38H27NO2. The van der Waals surface area contributed by atoms with Gasteiger partial charge in [-0.05, 0) is 59.2 Å². The van der Waals surface area contributed by atoms with E-state index in [-0.39, 0.29) is 11.3 Å². The Bertz CT molecular complexity index is 1920. The first-order valence-corrected chi connectivity index (χ1v) is 13.8. The first kappa shape index (κ1) is 24.6. The molecule has 1 heterocycles. The van der Waals surface area contributed by atoms with E-state index in [0.717, 1.165) is 33.8 Å². The Hall–Kier alpha value is -5.41. The second-order valence-electron chi connectivity index (χ2n) is 10.1. The van der Waals surface area contributed by atoms with Crippen molar-refractivity contribution in [2.45, 2.75) is 5.92 Å². The van der Waals surface area contributed by atoms with E-state index in [1.165, 1.54) is 0 Å². The first-order chi connectivity index (χ1) is 20.3. The number of hydrogen-bond acceptors (Lipinski definition) is 3. The van der Waals surface area contributed by atoms with E-state index in [9.17, 15) is 4.79 Å². The van der Waals surface area contributed by atoms with Gasteiger partial charge in [-0.25, -0.2) is 0 Å². The van der Waals surface area contributed by atoms with Crippen LogP contribution in [0, 0.1) is 0 Å². The molecule has 0 amide bonds. The summed E-state index contributed by atoms with van der Waals surface area (Å²) in [6.45, 7) is 0. The Balaban J connectivity index is 1.43. The Labute approximate surface area is 238 Å². The van der Waals surface area contributed by atoms with Crippen molar-refractivity contribution in [1.29, 1.82) is 0 Å². The summed E-state index contributed by atoms with van der Waals surface area (Å²) in [4.78, 5) is 16.4. The van der Waals surface area contributed by atoms with Gasteiger partial charge in [-0.15, -0.1) is 0 Å². The average molecular weight is 530 g/mol. The summed E-state index contributed by atoms with van der Waals surface area (Å²) >= 11 is 0. The van der Waals surface area contributed by atoms with Crippen LogP contribution in [0.4, 0.5) is 17.1 Å². The zero-order valence-electron chi connectivity index (χ0n) is 22.4. The van der Waals surface area contributed by atoms with Crippen LogP contribution in [0.15, 0.2) is 167 Å². The molecule has 0 fully saturated rings. The van der Waals surface area contributed by atoms with Crippen LogP contribution in [-0.2, 0) is 0 Å². The lowest BCUT2D eigenvalue weighted by atomic mass is 9.83. The fourth-order valence-electron chi connectivity index (χ4n) is 5.74. The average Bonchev–Trinajstić information content (AvgIpc) is 3.03. The molecule has 7 aromatic rings. The van der Waals surface area contributed by atoms with Gasteiger partial charge in [0.15, 0.2) is 0 Å². The molecule has 41 heavy (non-hydrogen) atoms. The Kier molecular flexibility index (Phi) is 6.38. The van der Waals surface area contributed by atoms with Crippen molar-refractivity contribution in [2.24, 2.45) is 0 Å². The Morgan fingerprint density at radius 1 is 0.488 bits per heavy atom. The molecule has 3 heteroatoms. The molecule has 196 valence electrons. The number of hydrogen-bond donors (Lipinski definition) is 0. The molecule has 0 aliphatic carbocycles. The number of benzene rings is 6. The molecule has 0 unspecified atom stereocenters. The zero-order valence-corrected chi connectivity index (χ0v) is 22.4. The lowest BCUT2D eigenvalue weighted by Crippen LogP contribution is -2.12. The number of anilines is 3. The summed E-state index contributed by atoms with van der Waals surface area (Å²) in [5.41, 5.74) is 7.28. The van der Waals surface area contributed by atoms with E-state index in [2.05, 4.69) is 59.5 Å². The van der Waals surface area contributed by atoms with Crippen molar-refractivity contribution in [3.63, 3.8) is 0 Å². The molecule has 7 rings (SSSR count). The Morgan fingerprint density at radius 3 is 1.59 bits per heavy atom. The molecule has 0 saturated heterocycles. The number of fused-ring (bicyclic) bond motifs is 2. The lowest BCUT2D eigenvalue weighted by molar-refractivity contribution is 0.659. The summed E-state index contributed by atoms with van der Waals surface area (Å²) in [5, 5.41) is 1.18. The largest absolute Gasteiger partial charge is 0.456 e. The lowest BCUT2D eigenvalue weighted by Gasteiger charge is -2.25. The summed E-state index contributed by atoms with van der Waals surface area (Å²) in [5.74, 6) is -0.104. The molecule has 6 aromatic carbocycles. The normalized spacial score (nSPS) is 11.2. The van der Waals surface area contributed by atoms with Crippen molar-refractivity contribution in [1.82, 2.24) is 0 Å². The maximum absolute atomic E-state index is 14.2. The van der Waals surface area contributed by atoms with Gasteiger partial charge in [0.25, 0.3) is 0 Å². The van der Waals surface area contributed by atoms with Gasteiger partial charge < -0.3 is 9.32 Å². The van der Waals surface area contributed by atoms with Gasteiger partial charge in [0.2, 0.25) is 5.43 Å². The second kappa shape index (κ2) is 10.6. The summed E-state index contributed by atoms with van der Waals surface area (Å²) in [6, 6.07) is 52.9.